The van der Waals surface area contributed by atoms with Gasteiger partial charge in [0.05, 0.1) is 6.10 Å². The normalized spacial score (nSPS) is 11.2. The Morgan fingerprint density at radius 3 is 2.43 bits per heavy atom. The number of aliphatic hydroxyl groups excluding tert-OH is 2. The van der Waals surface area contributed by atoms with E-state index in [1.54, 1.807) is 6.92 Å². The Hall–Kier alpha value is -0.610. The van der Waals surface area contributed by atoms with Crippen molar-refractivity contribution in [2.45, 2.75) is 46.1 Å². The molecular weight excluding hydrogens is 182 g/mol. The molecule has 86 valence electrons. The Morgan fingerprint density at radius 2 is 2.00 bits per heavy atom. The minimum Gasteiger partial charge on any atom is -0.396 e. The molecule has 1 amide bonds. The van der Waals surface area contributed by atoms with E-state index in [9.17, 15) is 9.90 Å². The minimum atomic E-state index is -0.535. The third kappa shape index (κ3) is 11.4. The quantitative estimate of drug-likeness (QED) is 0.597. The van der Waals surface area contributed by atoms with Crippen LogP contribution in [0.1, 0.15) is 40.0 Å². The molecular formula is C10H23NO3. The van der Waals surface area contributed by atoms with Crippen LogP contribution in [-0.2, 0) is 4.79 Å². The SMILES string of the molecule is CC.CCC(=O)NCC(O)CCCO. The maximum Gasteiger partial charge on any atom is 0.219 e. The second-order valence-electron chi connectivity index (χ2n) is 2.68. The fourth-order valence-electron chi connectivity index (χ4n) is 0.786. The largest absolute Gasteiger partial charge is 0.396 e. The summed E-state index contributed by atoms with van der Waals surface area (Å²) in [6, 6.07) is 0. The summed E-state index contributed by atoms with van der Waals surface area (Å²) >= 11 is 0. The summed E-state index contributed by atoms with van der Waals surface area (Å²) in [7, 11) is 0. The Balaban J connectivity index is 0. The second-order valence-corrected chi connectivity index (χ2v) is 2.68. The van der Waals surface area contributed by atoms with E-state index in [0.29, 0.717) is 19.3 Å². The van der Waals surface area contributed by atoms with E-state index in [1.165, 1.54) is 0 Å². The molecule has 0 aliphatic carbocycles. The molecule has 0 saturated heterocycles. The van der Waals surface area contributed by atoms with E-state index in [0.717, 1.165) is 0 Å². The second kappa shape index (κ2) is 12.4. The molecule has 0 rings (SSSR count). The molecule has 0 fully saturated rings. The van der Waals surface area contributed by atoms with Crippen molar-refractivity contribution in [1.29, 1.82) is 0 Å². The first-order valence-corrected chi connectivity index (χ1v) is 5.26. The number of hydrogen-bond donors (Lipinski definition) is 3. The Kier molecular flexibility index (Phi) is 14.0. The van der Waals surface area contributed by atoms with Crippen LogP contribution in [0, 0.1) is 0 Å². The molecule has 4 heteroatoms. The van der Waals surface area contributed by atoms with E-state index in [1.807, 2.05) is 13.8 Å². The first kappa shape index (κ1) is 15.8. The summed E-state index contributed by atoms with van der Waals surface area (Å²) in [4.78, 5) is 10.7. The van der Waals surface area contributed by atoms with Crippen molar-refractivity contribution in [2.24, 2.45) is 0 Å². The molecule has 0 aromatic rings. The predicted octanol–water partition coefficient (Wildman–Crippen LogP) is 0.672. The van der Waals surface area contributed by atoms with E-state index >= 15 is 0 Å². The summed E-state index contributed by atoms with van der Waals surface area (Å²) in [5.74, 6) is -0.0574. The van der Waals surface area contributed by atoms with Crippen LogP contribution in [0.2, 0.25) is 0 Å². The topological polar surface area (TPSA) is 69.6 Å². The third-order valence-electron chi connectivity index (χ3n) is 1.55. The third-order valence-corrected chi connectivity index (χ3v) is 1.55. The number of carbonyl (C=O) groups excluding carboxylic acids is 1. The van der Waals surface area contributed by atoms with Crippen LogP contribution < -0.4 is 5.32 Å². The average Bonchev–Trinajstić information content (AvgIpc) is 2.25. The first-order chi connectivity index (χ1) is 6.70. The van der Waals surface area contributed by atoms with Crippen molar-refractivity contribution >= 4 is 5.91 Å². The van der Waals surface area contributed by atoms with Crippen LogP contribution in [0.3, 0.4) is 0 Å². The lowest BCUT2D eigenvalue weighted by Gasteiger charge is -2.09. The summed E-state index contributed by atoms with van der Waals surface area (Å²) in [5, 5.41) is 20.2. The fourth-order valence-corrected chi connectivity index (χ4v) is 0.786. The van der Waals surface area contributed by atoms with Gasteiger partial charge in [0.15, 0.2) is 0 Å². The van der Waals surface area contributed by atoms with Gasteiger partial charge in [0.25, 0.3) is 0 Å². The predicted molar refractivity (Wildman–Crippen MR) is 57.0 cm³/mol. The average molecular weight is 205 g/mol. The molecule has 3 N–H and O–H groups in total. The summed E-state index contributed by atoms with van der Waals surface area (Å²) in [5.41, 5.74) is 0. The van der Waals surface area contributed by atoms with Crippen molar-refractivity contribution in [3.05, 3.63) is 0 Å². The Labute approximate surface area is 86.3 Å². The number of carbonyl (C=O) groups is 1. The Bertz CT molecular complexity index is 129. The highest BCUT2D eigenvalue weighted by atomic mass is 16.3. The molecule has 4 nitrogen and oxygen atoms in total. The molecule has 0 aromatic heterocycles. The van der Waals surface area contributed by atoms with Crippen molar-refractivity contribution < 1.29 is 15.0 Å². The van der Waals surface area contributed by atoms with Crippen molar-refractivity contribution in [3.8, 4) is 0 Å². The van der Waals surface area contributed by atoms with Crippen molar-refractivity contribution in [3.63, 3.8) is 0 Å². The zero-order valence-electron chi connectivity index (χ0n) is 9.42. The number of amides is 1. The van der Waals surface area contributed by atoms with Gasteiger partial charge in [-0.2, -0.15) is 0 Å². The maximum absolute atomic E-state index is 10.7. The fraction of sp³-hybridized carbons (Fsp3) is 0.900. The van der Waals surface area contributed by atoms with Crippen molar-refractivity contribution in [1.82, 2.24) is 5.32 Å². The number of aliphatic hydroxyl groups is 2. The lowest BCUT2D eigenvalue weighted by Crippen LogP contribution is -2.31. The molecule has 1 unspecified atom stereocenters. The monoisotopic (exact) mass is 205 g/mol. The first-order valence-electron chi connectivity index (χ1n) is 5.26. The maximum atomic E-state index is 10.7. The van der Waals surface area contributed by atoms with Gasteiger partial charge in [-0.1, -0.05) is 20.8 Å². The molecule has 0 aliphatic rings. The minimum absolute atomic E-state index is 0.0574. The molecule has 0 aliphatic heterocycles. The molecule has 1 atom stereocenters. The van der Waals surface area contributed by atoms with Gasteiger partial charge in [0.1, 0.15) is 0 Å². The summed E-state index contributed by atoms with van der Waals surface area (Å²) in [6.07, 6.45) is 1.00. The zero-order chi connectivity index (χ0) is 11.4. The molecule has 0 radical (unpaired) electrons. The van der Waals surface area contributed by atoms with Crippen LogP contribution in [0.5, 0.6) is 0 Å². The van der Waals surface area contributed by atoms with Gasteiger partial charge >= 0.3 is 0 Å². The number of hydrogen-bond acceptors (Lipinski definition) is 3. The van der Waals surface area contributed by atoms with Gasteiger partial charge in [-0.3, -0.25) is 4.79 Å². The standard InChI is InChI=1S/C8H17NO3.C2H6/c1-2-8(12)9-6-7(11)4-3-5-10;1-2/h7,10-11H,2-6H2,1H3,(H,9,12);1-2H3. The summed E-state index contributed by atoms with van der Waals surface area (Å²) < 4.78 is 0. The molecule has 0 spiro atoms. The molecule has 0 bridgehead atoms. The number of rotatable bonds is 6. The molecule has 14 heavy (non-hydrogen) atoms. The van der Waals surface area contributed by atoms with Crippen LogP contribution in [0.15, 0.2) is 0 Å². The smallest absolute Gasteiger partial charge is 0.219 e. The van der Waals surface area contributed by atoms with Crippen LogP contribution in [-0.4, -0.2) is 35.4 Å². The van der Waals surface area contributed by atoms with Crippen LogP contribution in [0.25, 0.3) is 0 Å². The van der Waals surface area contributed by atoms with Gasteiger partial charge in [-0.15, -0.1) is 0 Å². The lowest BCUT2D eigenvalue weighted by atomic mass is 10.2. The van der Waals surface area contributed by atoms with Crippen LogP contribution in [0.4, 0.5) is 0 Å². The van der Waals surface area contributed by atoms with E-state index in [2.05, 4.69) is 5.32 Å². The highest BCUT2D eigenvalue weighted by molar-refractivity contribution is 5.75. The number of nitrogens with one attached hydrogen (secondary N) is 1. The van der Waals surface area contributed by atoms with E-state index in [-0.39, 0.29) is 19.1 Å². The summed E-state index contributed by atoms with van der Waals surface area (Å²) in [6.45, 7) is 6.13. The van der Waals surface area contributed by atoms with Gasteiger partial charge in [-0.25, -0.2) is 0 Å². The van der Waals surface area contributed by atoms with Gasteiger partial charge in [0, 0.05) is 19.6 Å². The Morgan fingerprint density at radius 1 is 1.43 bits per heavy atom. The lowest BCUT2D eigenvalue weighted by molar-refractivity contribution is -0.121. The van der Waals surface area contributed by atoms with E-state index in [4.69, 9.17) is 5.11 Å². The zero-order valence-corrected chi connectivity index (χ0v) is 9.42. The highest BCUT2D eigenvalue weighted by Gasteiger charge is 2.04. The van der Waals surface area contributed by atoms with Gasteiger partial charge in [0.2, 0.25) is 5.91 Å². The van der Waals surface area contributed by atoms with Gasteiger partial charge < -0.3 is 15.5 Å². The molecule has 0 heterocycles. The van der Waals surface area contributed by atoms with E-state index < -0.39 is 6.10 Å². The van der Waals surface area contributed by atoms with Crippen LogP contribution >= 0.6 is 0 Å². The van der Waals surface area contributed by atoms with Gasteiger partial charge in [-0.05, 0) is 12.8 Å². The molecule has 0 saturated carbocycles. The highest BCUT2D eigenvalue weighted by Crippen LogP contribution is 1.94. The molecule has 0 aromatic carbocycles. The van der Waals surface area contributed by atoms with Crippen molar-refractivity contribution in [2.75, 3.05) is 13.2 Å².